The van der Waals surface area contributed by atoms with Crippen molar-refractivity contribution < 1.29 is 8.42 Å². The van der Waals surface area contributed by atoms with Gasteiger partial charge >= 0.3 is 0 Å². The van der Waals surface area contributed by atoms with E-state index in [0.717, 1.165) is 23.5 Å². The molecule has 0 saturated carbocycles. The van der Waals surface area contributed by atoms with Crippen molar-refractivity contribution in [3.8, 4) is 0 Å². The molecule has 2 aromatic rings. The predicted octanol–water partition coefficient (Wildman–Crippen LogP) is 3.14. The van der Waals surface area contributed by atoms with Gasteiger partial charge in [-0.25, -0.2) is 13.1 Å². The molecule has 0 aliphatic carbocycles. The fraction of sp³-hybridized carbons (Fsp3) is 0.250. The number of halogens is 1. The Hall–Kier alpha value is -1.05. The van der Waals surface area contributed by atoms with Crippen LogP contribution in [0, 0.1) is 0 Å². The minimum absolute atomic E-state index is 0.183. The first-order valence-electron chi connectivity index (χ1n) is 7.14. The highest BCUT2D eigenvalue weighted by atomic mass is 35.5. The molecule has 0 saturated heterocycles. The summed E-state index contributed by atoms with van der Waals surface area (Å²) in [6.07, 6.45) is 1.90. The van der Waals surface area contributed by atoms with Gasteiger partial charge in [0.15, 0.2) is 0 Å². The summed E-state index contributed by atoms with van der Waals surface area (Å²) in [6, 6.07) is 10.8. The number of hydrogen-bond donors (Lipinski definition) is 2. The molecule has 3 rings (SSSR count). The van der Waals surface area contributed by atoms with Crippen LogP contribution in [-0.2, 0) is 29.7 Å². The van der Waals surface area contributed by atoms with Gasteiger partial charge in [0.2, 0.25) is 10.0 Å². The molecule has 0 unspecified atom stereocenters. The maximum atomic E-state index is 12.4. The van der Waals surface area contributed by atoms with Gasteiger partial charge < -0.3 is 5.32 Å². The Labute approximate surface area is 145 Å². The molecule has 7 heteroatoms. The summed E-state index contributed by atoms with van der Waals surface area (Å²) in [5, 5.41) is 3.72. The summed E-state index contributed by atoms with van der Waals surface area (Å²) in [6.45, 7) is 1.97. The van der Waals surface area contributed by atoms with Gasteiger partial charge in [0, 0.05) is 24.5 Å². The van der Waals surface area contributed by atoms with Gasteiger partial charge in [-0.1, -0.05) is 29.8 Å². The third-order valence-corrected chi connectivity index (χ3v) is 6.42. The van der Waals surface area contributed by atoms with Crippen LogP contribution in [0.3, 0.4) is 0 Å². The fourth-order valence-electron chi connectivity index (χ4n) is 2.53. The van der Waals surface area contributed by atoms with E-state index in [1.807, 2.05) is 24.5 Å². The zero-order valence-corrected chi connectivity index (χ0v) is 15.0. The summed E-state index contributed by atoms with van der Waals surface area (Å²) in [4.78, 5) is 1.04. The largest absolute Gasteiger partial charge is 0.309 e. The molecule has 1 aliphatic heterocycles. The Bertz CT molecular complexity index is 838. The number of thioether (sulfide) groups is 1. The Balaban J connectivity index is 1.75. The average molecular weight is 369 g/mol. The molecule has 0 radical (unpaired) electrons. The zero-order valence-electron chi connectivity index (χ0n) is 12.6. The van der Waals surface area contributed by atoms with Gasteiger partial charge in [0.1, 0.15) is 0 Å². The van der Waals surface area contributed by atoms with Crippen LogP contribution in [0.25, 0.3) is 0 Å². The van der Waals surface area contributed by atoms with Crippen LogP contribution in [0.15, 0.2) is 46.2 Å². The van der Waals surface area contributed by atoms with Gasteiger partial charge in [-0.15, -0.1) is 11.8 Å². The highest BCUT2D eigenvalue weighted by molar-refractivity contribution is 7.98. The Morgan fingerprint density at radius 2 is 1.96 bits per heavy atom. The van der Waals surface area contributed by atoms with Gasteiger partial charge in [-0.2, -0.15) is 0 Å². The summed E-state index contributed by atoms with van der Waals surface area (Å²) in [5.74, 6) is 0. The second-order valence-corrected chi connectivity index (χ2v) is 8.35. The van der Waals surface area contributed by atoms with E-state index < -0.39 is 10.0 Å². The first kappa shape index (κ1) is 16.8. The molecule has 1 heterocycles. The quantitative estimate of drug-likeness (QED) is 0.796. The van der Waals surface area contributed by atoms with Crippen molar-refractivity contribution in [1.82, 2.24) is 10.0 Å². The lowest BCUT2D eigenvalue weighted by molar-refractivity contribution is 0.581. The summed E-state index contributed by atoms with van der Waals surface area (Å²) in [7, 11) is -3.58. The summed E-state index contributed by atoms with van der Waals surface area (Å²) >= 11 is 7.58. The van der Waals surface area contributed by atoms with E-state index in [1.165, 1.54) is 29.0 Å². The zero-order chi connectivity index (χ0) is 16.4. The average Bonchev–Trinajstić information content (AvgIpc) is 3.00. The molecule has 0 bridgehead atoms. The molecule has 4 nitrogen and oxygen atoms in total. The third-order valence-electron chi connectivity index (χ3n) is 3.80. The van der Waals surface area contributed by atoms with Gasteiger partial charge in [-0.3, -0.25) is 0 Å². The van der Waals surface area contributed by atoms with E-state index in [9.17, 15) is 8.42 Å². The molecule has 0 spiro atoms. The maximum Gasteiger partial charge on any atom is 0.240 e. The van der Waals surface area contributed by atoms with E-state index in [0.29, 0.717) is 5.02 Å². The van der Waals surface area contributed by atoms with Gasteiger partial charge in [-0.05, 0) is 41.1 Å². The molecule has 2 N–H and O–H groups in total. The molecule has 0 aromatic heterocycles. The van der Waals surface area contributed by atoms with Crippen molar-refractivity contribution in [2.24, 2.45) is 0 Å². The molecule has 2 aromatic carbocycles. The Morgan fingerprint density at radius 1 is 1.17 bits per heavy atom. The second-order valence-electron chi connectivity index (χ2n) is 5.33. The van der Waals surface area contributed by atoms with E-state index in [2.05, 4.69) is 10.0 Å². The Kier molecular flexibility index (Phi) is 4.98. The monoisotopic (exact) mass is 368 g/mol. The van der Waals surface area contributed by atoms with E-state index in [4.69, 9.17) is 11.6 Å². The van der Waals surface area contributed by atoms with Crippen molar-refractivity contribution in [1.29, 1.82) is 0 Å². The van der Waals surface area contributed by atoms with Crippen LogP contribution in [0.2, 0.25) is 5.02 Å². The van der Waals surface area contributed by atoms with Crippen LogP contribution >= 0.6 is 23.4 Å². The molecular formula is C16H17ClN2O2S2. The van der Waals surface area contributed by atoms with Crippen molar-refractivity contribution >= 4 is 33.4 Å². The number of sulfonamides is 1. The Morgan fingerprint density at radius 3 is 2.70 bits per heavy atom. The number of nitrogens with one attached hydrogen (secondary N) is 2. The molecule has 0 fully saturated rings. The van der Waals surface area contributed by atoms with Crippen LogP contribution in [0.4, 0.5) is 0 Å². The lowest BCUT2D eigenvalue weighted by atomic mass is 10.1. The fourth-order valence-corrected chi connectivity index (χ4v) is 4.51. The third kappa shape index (κ3) is 3.72. The molecule has 0 amide bonds. The summed E-state index contributed by atoms with van der Waals surface area (Å²) < 4.78 is 27.4. The van der Waals surface area contributed by atoms with Crippen LogP contribution in [-0.4, -0.2) is 14.7 Å². The van der Waals surface area contributed by atoms with E-state index in [1.54, 1.807) is 12.1 Å². The normalized spacial score (nSPS) is 14.0. The lowest BCUT2D eigenvalue weighted by Crippen LogP contribution is -2.23. The van der Waals surface area contributed by atoms with Gasteiger partial charge in [0.25, 0.3) is 0 Å². The molecular weight excluding hydrogens is 352 g/mol. The lowest BCUT2D eigenvalue weighted by Gasteiger charge is -2.09. The first-order valence-corrected chi connectivity index (χ1v) is 10.2. The van der Waals surface area contributed by atoms with Crippen molar-refractivity contribution in [2.75, 3.05) is 6.26 Å². The molecule has 122 valence electrons. The second kappa shape index (κ2) is 6.83. The van der Waals surface area contributed by atoms with E-state index >= 15 is 0 Å². The van der Waals surface area contributed by atoms with Gasteiger partial charge in [0.05, 0.1) is 9.92 Å². The number of hydrogen-bond acceptors (Lipinski definition) is 4. The standard InChI is InChI=1S/C16H17ClN2O2S2/c1-22-16-5-4-14(7-15(16)17)23(20,21)19-8-11-2-3-12-9-18-10-13(12)6-11/h2-7,18-19H,8-10H2,1H3. The first-order chi connectivity index (χ1) is 11.0. The van der Waals surface area contributed by atoms with Crippen LogP contribution < -0.4 is 10.0 Å². The highest BCUT2D eigenvalue weighted by Gasteiger charge is 2.16. The number of fused-ring (bicyclic) bond motifs is 1. The molecule has 23 heavy (non-hydrogen) atoms. The predicted molar refractivity (Wildman–Crippen MR) is 94.2 cm³/mol. The number of benzene rings is 2. The molecule has 0 atom stereocenters. The van der Waals surface area contributed by atoms with Crippen LogP contribution in [0.5, 0.6) is 0 Å². The smallest absolute Gasteiger partial charge is 0.240 e. The van der Waals surface area contributed by atoms with Crippen LogP contribution in [0.1, 0.15) is 16.7 Å². The van der Waals surface area contributed by atoms with Crippen molar-refractivity contribution in [3.63, 3.8) is 0 Å². The number of rotatable bonds is 5. The SMILES string of the molecule is CSc1ccc(S(=O)(=O)NCc2ccc3c(c2)CNC3)cc1Cl. The summed E-state index contributed by atoms with van der Waals surface area (Å²) in [5.41, 5.74) is 3.45. The maximum absolute atomic E-state index is 12.4. The van der Waals surface area contributed by atoms with Crippen molar-refractivity contribution in [2.45, 2.75) is 29.4 Å². The highest BCUT2D eigenvalue weighted by Crippen LogP contribution is 2.27. The topological polar surface area (TPSA) is 58.2 Å². The minimum Gasteiger partial charge on any atom is -0.309 e. The molecule has 1 aliphatic rings. The van der Waals surface area contributed by atoms with E-state index in [-0.39, 0.29) is 11.4 Å². The van der Waals surface area contributed by atoms with Crippen molar-refractivity contribution in [3.05, 3.63) is 58.1 Å². The minimum atomic E-state index is -3.58.